The van der Waals surface area contributed by atoms with Crippen LogP contribution >= 0.6 is 0 Å². The van der Waals surface area contributed by atoms with Gasteiger partial charge in [0.1, 0.15) is 0 Å². The van der Waals surface area contributed by atoms with Gasteiger partial charge in [0, 0.05) is 26.2 Å². The molecule has 1 saturated heterocycles. The number of halogens is 3. The Hall–Kier alpha value is -1.02. The molecule has 100 valence electrons. The number of nitrogens with one attached hydrogen (secondary N) is 1. The topological polar surface area (TPSA) is 50.8 Å². The molecular weight excluding hydrogens is 241 g/mol. The van der Waals surface area contributed by atoms with Crippen LogP contribution in [0.25, 0.3) is 0 Å². The van der Waals surface area contributed by atoms with Crippen molar-refractivity contribution in [1.29, 1.82) is 0 Å². The average Bonchev–Trinajstić information content (AvgIpc) is 2.27. The third-order valence-electron chi connectivity index (χ3n) is 2.17. The maximum absolute atomic E-state index is 11.7. The first-order valence-electron chi connectivity index (χ1n) is 5.25. The Bertz CT molecular complexity index is 242. The highest BCUT2D eigenvalue weighted by molar-refractivity contribution is 5.67. The molecule has 0 aliphatic carbocycles. The third-order valence-corrected chi connectivity index (χ3v) is 2.17. The van der Waals surface area contributed by atoms with Crippen LogP contribution in [0.2, 0.25) is 0 Å². The number of carbonyl (C=O) groups excluding carboxylic acids is 1. The fourth-order valence-electron chi connectivity index (χ4n) is 1.34. The lowest BCUT2D eigenvalue weighted by molar-refractivity contribution is -0.160. The lowest BCUT2D eigenvalue weighted by Crippen LogP contribution is -2.41. The first-order chi connectivity index (χ1) is 7.97. The molecule has 0 saturated carbocycles. The monoisotopic (exact) mass is 256 g/mol. The lowest BCUT2D eigenvalue weighted by atomic mass is 10.4. The summed E-state index contributed by atoms with van der Waals surface area (Å²) in [5, 5.41) is 2.26. The van der Waals surface area contributed by atoms with E-state index in [9.17, 15) is 18.0 Å². The van der Waals surface area contributed by atoms with E-state index in [-0.39, 0.29) is 6.54 Å². The van der Waals surface area contributed by atoms with Crippen LogP contribution in [0.3, 0.4) is 0 Å². The van der Waals surface area contributed by atoms with Gasteiger partial charge in [-0.3, -0.25) is 4.90 Å². The molecule has 1 N–H and O–H groups in total. The summed E-state index contributed by atoms with van der Waals surface area (Å²) in [7, 11) is 0. The second-order valence-electron chi connectivity index (χ2n) is 3.57. The Labute approximate surface area is 96.8 Å². The molecule has 17 heavy (non-hydrogen) atoms. The molecule has 1 amide bonds. The van der Waals surface area contributed by atoms with E-state index in [1.807, 2.05) is 4.90 Å². The molecular formula is C9H15F3N2O3. The number of morpholine rings is 1. The molecule has 0 unspecified atom stereocenters. The van der Waals surface area contributed by atoms with Crippen molar-refractivity contribution in [2.75, 3.05) is 46.0 Å². The minimum absolute atomic E-state index is 0.261. The molecule has 0 bridgehead atoms. The molecule has 0 atom stereocenters. The summed E-state index contributed by atoms with van der Waals surface area (Å²) in [6, 6.07) is 0. The molecule has 1 heterocycles. The normalized spacial score (nSPS) is 17.8. The number of carbonyl (C=O) groups is 1. The molecule has 0 radical (unpaired) electrons. The van der Waals surface area contributed by atoms with Crippen LogP contribution in [0.4, 0.5) is 18.0 Å². The molecule has 0 aromatic rings. The number of alkyl carbamates (subject to hydrolysis) is 1. The largest absolute Gasteiger partial charge is 0.440 e. The van der Waals surface area contributed by atoms with Gasteiger partial charge in [0.2, 0.25) is 0 Å². The third kappa shape index (κ3) is 7.01. The van der Waals surface area contributed by atoms with Crippen LogP contribution in [0.15, 0.2) is 0 Å². The Balaban J connectivity index is 2.03. The van der Waals surface area contributed by atoms with Gasteiger partial charge in [-0.25, -0.2) is 4.79 Å². The summed E-state index contributed by atoms with van der Waals surface area (Å²) >= 11 is 0. The van der Waals surface area contributed by atoms with Crippen molar-refractivity contribution in [3.63, 3.8) is 0 Å². The lowest BCUT2D eigenvalue weighted by Gasteiger charge is -2.26. The quantitative estimate of drug-likeness (QED) is 0.800. The van der Waals surface area contributed by atoms with Crippen molar-refractivity contribution >= 4 is 6.09 Å². The Morgan fingerprint density at radius 3 is 2.59 bits per heavy atom. The summed E-state index contributed by atoms with van der Waals surface area (Å²) in [4.78, 5) is 12.9. The van der Waals surface area contributed by atoms with Gasteiger partial charge >= 0.3 is 12.3 Å². The molecule has 1 rings (SSSR count). The van der Waals surface area contributed by atoms with Gasteiger partial charge in [0.05, 0.1) is 13.2 Å². The maximum Gasteiger partial charge on any atom is 0.422 e. The minimum atomic E-state index is -4.48. The molecule has 5 nitrogen and oxygen atoms in total. The molecule has 1 fully saturated rings. The second kappa shape index (κ2) is 6.65. The highest BCUT2D eigenvalue weighted by Gasteiger charge is 2.29. The second-order valence-corrected chi connectivity index (χ2v) is 3.57. The number of amides is 1. The van der Waals surface area contributed by atoms with Crippen molar-refractivity contribution in [2.24, 2.45) is 0 Å². The van der Waals surface area contributed by atoms with Crippen molar-refractivity contribution in [3.05, 3.63) is 0 Å². The summed E-state index contributed by atoms with van der Waals surface area (Å²) in [5.41, 5.74) is 0. The smallest absolute Gasteiger partial charge is 0.422 e. The maximum atomic E-state index is 11.7. The molecule has 0 aromatic carbocycles. The van der Waals surface area contributed by atoms with Gasteiger partial charge in [-0.1, -0.05) is 0 Å². The van der Waals surface area contributed by atoms with E-state index >= 15 is 0 Å². The number of rotatable bonds is 4. The zero-order valence-electron chi connectivity index (χ0n) is 9.26. The highest BCUT2D eigenvalue weighted by Crippen LogP contribution is 2.14. The summed E-state index contributed by atoms with van der Waals surface area (Å²) in [6.07, 6.45) is -5.53. The molecule has 1 aliphatic rings. The van der Waals surface area contributed by atoms with Crippen LogP contribution in [0.5, 0.6) is 0 Å². The molecule has 0 aromatic heterocycles. The van der Waals surface area contributed by atoms with Crippen molar-refractivity contribution in [2.45, 2.75) is 6.18 Å². The summed E-state index contributed by atoms with van der Waals surface area (Å²) in [5.74, 6) is 0. The predicted molar refractivity (Wildman–Crippen MR) is 52.7 cm³/mol. The Kier molecular flexibility index (Phi) is 5.49. The van der Waals surface area contributed by atoms with Crippen molar-refractivity contribution in [3.8, 4) is 0 Å². The fraction of sp³-hybridized carbons (Fsp3) is 0.889. The van der Waals surface area contributed by atoms with Crippen molar-refractivity contribution < 1.29 is 27.4 Å². The van der Waals surface area contributed by atoms with E-state index < -0.39 is 18.9 Å². The van der Waals surface area contributed by atoms with Crippen molar-refractivity contribution in [1.82, 2.24) is 10.2 Å². The average molecular weight is 256 g/mol. The number of hydrogen-bond donors (Lipinski definition) is 1. The molecule has 8 heteroatoms. The van der Waals surface area contributed by atoms with E-state index in [1.165, 1.54) is 0 Å². The number of ether oxygens (including phenoxy) is 2. The van der Waals surface area contributed by atoms with E-state index in [2.05, 4.69) is 10.1 Å². The summed E-state index contributed by atoms with van der Waals surface area (Å²) in [6.45, 7) is 2.08. The number of hydrogen-bond acceptors (Lipinski definition) is 4. The van der Waals surface area contributed by atoms with E-state index in [1.54, 1.807) is 0 Å². The first kappa shape index (κ1) is 14.0. The predicted octanol–water partition coefficient (Wildman–Crippen LogP) is 0.607. The minimum Gasteiger partial charge on any atom is -0.440 e. The van der Waals surface area contributed by atoms with Crippen LogP contribution in [0.1, 0.15) is 0 Å². The van der Waals surface area contributed by atoms with Gasteiger partial charge in [-0.2, -0.15) is 13.2 Å². The first-order valence-corrected chi connectivity index (χ1v) is 5.25. The molecule has 1 aliphatic heterocycles. The number of alkyl halides is 3. The Morgan fingerprint density at radius 2 is 2.00 bits per heavy atom. The zero-order valence-corrected chi connectivity index (χ0v) is 9.26. The number of nitrogens with zero attached hydrogens (tertiary/aromatic N) is 1. The molecule has 0 spiro atoms. The highest BCUT2D eigenvalue weighted by atomic mass is 19.4. The van der Waals surface area contributed by atoms with Crippen LogP contribution < -0.4 is 5.32 Å². The Morgan fingerprint density at radius 1 is 1.35 bits per heavy atom. The van der Waals surface area contributed by atoms with Gasteiger partial charge in [-0.15, -0.1) is 0 Å². The van der Waals surface area contributed by atoms with E-state index in [4.69, 9.17) is 4.74 Å². The zero-order chi connectivity index (χ0) is 12.7. The van der Waals surface area contributed by atoms with E-state index in [0.717, 1.165) is 13.1 Å². The SMILES string of the molecule is O=C(NCCN1CCOCC1)OCC(F)(F)F. The van der Waals surface area contributed by atoms with Gasteiger partial charge in [0.15, 0.2) is 6.61 Å². The standard InChI is InChI=1S/C9H15F3N2O3/c10-9(11,12)7-17-8(15)13-1-2-14-3-5-16-6-4-14/h1-7H2,(H,13,15). The van der Waals surface area contributed by atoms with Gasteiger partial charge in [0.25, 0.3) is 0 Å². The van der Waals surface area contributed by atoms with Gasteiger partial charge in [-0.05, 0) is 0 Å². The van der Waals surface area contributed by atoms with Crippen LogP contribution in [-0.4, -0.2) is 63.2 Å². The van der Waals surface area contributed by atoms with E-state index in [0.29, 0.717) is 19.8 Å². The fourth-order valence-corrected chi connectivity index (χ4v) is 1.34. The van der Waals surface area contributed by atoms with Crippen LogP contribution in [0, 0.1) is 0 Å². The van der Waals surface area contributed by atoms with Crippen LogP contribution in [-0.2, 0) is 9.47 Å². The summed E-state index contributed by atoms with van der Waals surface area (Å²) < 4.78 is 44.2. The van der Waals surface area contributed by atoms with Gasteiger partial charge < -0.3 is 14.8 Å².